The first kappa shape index (κ1) is 12.9. The van der Waals surface area contributed by atoms with E-state index in [0.717, 1.165) is 28.0 Å². The van der Waals surface area contributed by atoms with E-state index in [-0.39, 0.29) is 0 Å². The van der Waals surface area contributed by atoms with E-state index in [1.54, 1.807) is 12.4 Å². The lowest BCUT2D eigenvalue weighted by Crippen LogP contribution is -2.34. The molecule has 4 heteroatoms. The van der Waals surface area contributed by atoms with Crippen molar-refractivity contribution >= 4 is 33.2 Å². The van der Waals surface area contributed by atoms with Gasteiger partial charge in [-0.2, -0.15) is 0 Å². The van der Waals surface area contributed by atoms with Crippen molar-refractivity contribution in [3.63, 3.8) is 0 Å². The highest BCUT2D eigenvalue weighted by Crippen LogP contribution is 2.39. The van der Waals surface area contributed by atoms with Crippen LogP contribution in [0.5, 0.6) is 0 Å². The fraction of sp³-hybridized carbons (Fsp3) is 0.267. The summed E-state index contributed by atoms with van der Waals surface area (Å²) in [6.07, 6.45) is 5.79. The van der Waals surface area contributed by atoms with Crippen molar-refractivity contribution < 1.29 is 0 Å². The molecule has 0 unspecified atom stereocenters. The zero-order valence-electron chi connectivity index (χ0n) is 10.3. The number of benzene rings is 1. The summed E-state index contributed by atoms with van der Waals surface area (Å²) < 4.78 is 1.13. The van der Waals surface area contributed by atoms with Crippen LogP contribution in [0.4, 0.5) is 5.69 Å². The third-order valence-electron chi connectivity index (χ3n) is 3.61. The van der Waals surface area contributed by atoms with E-state index >= 15 is 0 Å². The Labute approximate surface area is 126 Å². The fourth-order valence-corrected chi connectivity index (χ4v) is 2.87. The molecule has 1 N–H and O–H groups in total. The van der Waals surface area contributed by atoms with Crippen molar-refractivity contribution in [2.24, 2.45) is 0 Å². The van der Waals surface area contributed by atoms with Gasteiger partial charge in [0.2, 0.25) is 0 Å². The molecular formula is C15H14BrClN2. The molecule has 1 fully saturated rings. The molecule has 1 heterocycles. The quantitative estimate of drug-likeness (QED) is 0.865. The van der Waals surface area contributed by atoms with Crippen molar-refractivity contribution in [1.29, 1.82) is 0 Å². The second-order valence-corrected chi connectivity index (χ2v) is 6.24. The summed E-state index contributed by atoms with van der Waals surface area (Å²) in [4.78, 5) is 4.09. The molecule has 3 rings (SSSR count). The summed E-state index contributed by atoms with van der Waals surface area (Å²) in [5.74, 6) is 0.654. The number of nitrogens with one attached hydrogen (secondary N) is 1. The number of halogens is 2. The second kappa shape index (κ2) is 5.51. The summed E-state index contributed by atoms with van der Waals surface area (Å²) in [5.41, 5.74) is 2.35. The third kappa shape index (κ3) is 2.93. The van der Waals surface area contributed by atoms with Gasteiger partial charge >= 0.3 is 0 Å². The molecular weight excluding hydrogens is 324 g/mol. The van der Waals surface area contributed by atoms with Crippen LogP contribution in [0.15, 0.2) is 47.2 Å². The molecule has 1 aliphatic carbocycles. The van der Waals surface area contributed by atoms with Crippen LogP contribution in [-0.2, 0) is 0 Å². The first-order chi connectivity index (χ1) is 9.22. The Morgan fingerprint density at radius 2 is 1.89 bits per heavy atom. The van der Waals surface area contributed by atoms with Crippen LogP contribution in [0.25, 0.3) is 0 Å². The van der Waals surface area contributed by atoms with Crippen LogP contribution in [0.2, 0.25) is 5.02 Å². The highest BCUT2D eigenvalue weighted by Gasteiger charge is 2.30. The maximum Gasteiger partial charge on any atom is 0.0718 e. The Morgan fingerprint density at radius 3 is 2.58 bits per heavy atom. The lowest BCUT2D eigenvalue weighted by molar-refractivity contribution is 0.374. The van der Waals surface area contributed by atoms with E-state index in [1.165, 1.54) is 5.56 Å². The molecule has 1 saturated carbocycles. The fourth-order valence-electron chi connectivity index (χ4n) is 2.45. The largest absolute Gasteiger partial charge is 0.380 e. The normalized spacial score (nSPS) is 21.8. The Morgan fingerprint density at radius 1 is 1.16 bits per heavy atom. The molecule has 0 aliphatic heterocycles. The number of hydrogen-bond donors (Lipinski definition) is 1. The van der Waals surface area contributed by atoms with Crippen LogP contribution in [0.3, 0.4) is 0 Å². The zero-order chi connectivity index (χ0) is 13.2. The highest BCUT2D eigenvalue weighted by molar-refractivity contribution is 9.10. The van der Waals surface area contributed by atoms with E-state index in [1.807, 2.05) is 6.07 Å². The maximum absolute atomic E-state index is 6.11. The average molecular weight is 338 g/mol. The smallest absolute Gasteiger partial charge is 0.0718 e. The van der Waals surface area contributed by atoms with Crippen LogP contribution in [0.1, 0.15) is 24.3 Å². The summed E-state index contributed by atoms with van der Waals surface area (Å²) in [7, 11) is 0. The Hall–Kier alpha value is -1.06. The first-order valence-electron chi connectivity index (χ1n) is 6.34. The van der Waals surface area contributed by atoms with E-state index in [9.17, 15) is 0 Å². The number of pyridine rings is 1. The van der Waals surface area contributed by atoms with E-state index < -0.39 is 0 Å². The molecule has 0 spiro atoms. The van der Waals surface area contributed by atoms with Crippen molar-refractivity contribution in [2.45, 2.75) is 24.8 Å². The van der Waals surface area contributed by atoms with E-state index in [0.29, 0.717) is 12.0 Å². The minimum Gasteiger partial charge on any atom is -0.380 e. The molecule has 0 saturated heterocycles. The predicted octanol–water partition coefficient (Wildman–Crippen LogP) is 4.86. The molecule has 0 radical (unpaired) electrons. The number of nitrogens with zero attached hydrogens (tertiary/aromatic N) is 1. The minimum absolute atomic E-state index is 0.496. The molecule has 19 heavy (non-hydrogen) atoms. The Balaban J connectivity index is 1.58. The Bertz CT molecular complexity index is 565. The van der Waals surface area contributed by atoms with Crippen molar-refractivity contribution in [3.05, 3.63) is 57.8 Å². The molecule has 1 aromatic carbocycles. The number of anilines is 1. The molecule has 1 aromatic heterocycles. The average Bonchev–Trinajstić information content (AvgIpc) is 2.37. The second-order valence-electron chi connectivity index (χ2n) is 4.92. The topological polar surface area (TPSA) is 24.9 Å². The van der Waals surface area contributed by atoms with E-state index in [2.05, 4.69) is 50.5 Å². The van der Waals surface area contributed by atoms with Gasteiger partial charge in [0.05, 0.1) is 16.9 Å². The monoisotopic (exact) mass is 336 g/mol. The summed E-state index contributed by atoms with van der Waals surface area (Å²) in [5, 5.41) is 4.19. The van der Waals surface area contributed by atoms with Gasteiger partial charge in [-0.1, -0.05) is 39.7 Å². The number of hydrogen-bond acceptors (Lipinski definition) is 2. The lowest BCUT2D eigenvalue weighted by atomic mass is 9.76. The van der Waals surface area contributed by atoms with Gasteiger partial charge in [0, 0.05) is 16.7 Å². The van der Waals surface area contributed by atoms with Crippen LogP contribution >= 0.6 is 27.5 Å². The van der Waals surface area contributed by atoms with E-state index in [4.69, 9.17) is 11.6 Å². The van der Waals surface area contributed by atoms with Crippen LogP contribution in [0, 0.1) is 0 Å². The molecule has 2 aromatic rings. The molecule has 0 atom stereocenters. The van der Waals surface area contributed by atoms with Crippen molar-refractivity contribution in [3.8, 4) is 0 Å². The van der Waals surface area contributed by atoms with Gasteiger partial charge < -0.3 is 5.32 Å². The van der Waals surface area contributed by atoms with Gasteiger partial charge in [-0.25, -0.2) is 0 Å². The van der Waals surface area contributed by atoms with Gasteiger partial charge in [0.15, 0.2) is 0 Å². The van der Waals surface area contributed by atoms with Gasteiger partial charge in [0.25, 0.3) is 0 Å². The summed E-state index contributed by atoms with van der Waals surface area (Å²) >= 11 is 9.58. The summed E-state index contributed by atoms with van der Waals surface area (Å²) in [6.45, 7) is 0. The Kier molecular flexibility index (Phi) is 3.76. The molecule has 0 amide bonds. The first-order valence-corrected chi connectivity index (χ1v) is 7.51. The van der Waals surface area contributed by atoms with Crippen LogP contribution < -0.4 is 5.32 Å². The number of rotatable bonds is 3. The van der Waals surface area contributed by atoms with Gasteiger partial charge in [-0.15, -0.1) is 0 Å². The molecule has 98 valence electrons. The van der Waals surface area contributed by atoms with Gasteiger partial charge in [-0.3, -0.25) is 4.98 Å². The van der Waals surface area contributed by atoms with Crippen LogP contribution in [-0.4, -0.2) is 11.0 Å². The standard InChI is InChI=1S/C15H14BrClN2/c16-12-3-1-10(2-4-12)11-7-13(8-11)19-15-9-18-6-5-14(15)17/h1-6,9,11,13,19H,7-8H2. The molecule has 0 bridgehead atoms. The van der Waals surface area contributed by atoms with Crippen molar-refractivity contribution in [1.82, 2.24) is 4.98 Å². The summed E-state index contributed by atoms with van der Waals surface area (Å²) in [6, 6.07) is 10.9. The van der Waals surface area contributed by atoms with Crippen molar-refractivity contribution in [2.75, 3.05) is 5.32 Å². The molecule has 2 nitrogen and oxygen atoms in total. The third-order valence-corrected chi connectivity index (χ3v) is 4.47. The molecule has 1 aliphatic rings. The SMILES string of the molecule is Clc1ccncc1NC1CC(c2ccc(Br)cc2)C1. The minimum atomic E-state index is 0.496. The lowest BCUT2D eigenvalue weighted by Gasteiger charge is -2.37. The maximum atomic E-state index is 6.11. The predicted molar refractivity (Wildman–Crippen MR) is 82.8 cm³/mol. The highest BCUT2D eigenvalue weighted by atomic mass is 79.9. The van der Waals surface area contributed by atoms with Gasteiger partial charge in [0.1, 0.15) is 0 Å². The van der Waals surface area contributed by atoms with Gasteiger partial charge in [-0.05, 0) is 42.5 Å². The number of aromatic nitrogens is 1. The zero-order valence-corrected chi connectivity index (χ0v) is 12.7.